The van der Waals surface area contributed by atoms with E-state index in [4.69, 9.17) is 8.85 Å². The SMILES string of the molecule is CC=C[Si](C)(OC(C)=O)OC(C)=O. The maximum absolute atomic E-state index is 10.7. The Labute approximate surface area is 78.8 Å². The van der Waals surface area contributed by atoms with Crippen LogP contribution in [0, 0.1) is 0 Å². The van der Waals surface area contributed by atoms with Crippen LogP contribution in [0.25, 0.3) is 0 Å². The van der Waals surface area contributed by atoms with Gasteiger partial charge < -0.3 is 8.85 Å². The molecule has 0 N–H and O–H groups in total. The van der Waals surface area contributed by atoms with Crippen molar-refractivity contribution in [1.82, 2.24) is 0 Å². The normalized spacial score (nSPS) is 11.4. The van der Waals surface area contributed by atoms with Crippen molar-refractivity contribution in [3.63, 3.8) is 0 Å². The van der Waals surface area contributed by atoms with Gasteiger partial charge in [-0.2, -0.15) is 0 Å². The third kappa shape index (κ3) is 5.19. The average Bonchev–Trinajstić information content (AvgIpc) is 1.81. The fourth-order valence-electron chi connectivity index (χ4n) is 0.962. The number of hydrogen-bond acceptors (Lipinski definition) is 4. The second kappa shape index (κ2) is 4.81. The van der Waals surface area contributed by atoms with Gasteiger partial charge in [-0.05, 0) is 12.6 Å². The molecule has 0 saturated heterocycles. The van der Waals surface area contributed by atoms with Crippen LogP contribution < -0.4 is 0 Å². The monoisotopic (exact) mass is 202 g/mol. The molecule has 0 bridgehead atoms. The van der Waals surface area contributed by atoms with Gasteiger partial charge in [0.2, 0.25) is 0 Å². The minimum atomic E-state index is -2.76. The Morgan fingerprint density at radius 1 is 1.15 bits per heavy atom. The molecule has 0 heterocycles. The second-order valence-electron chi connectivity index (χ2n) is 2.70. The van der Waals surface area contributed by atoms with Gasteiger partial charge in [-0.15, -0.1) is 0 Å². The van der Waals surface area contributed by atoms with Crippen molar-refractivity contribution in [3.8, 4) is 0 Å². The molecule has 4 nitrogen and oxygen atoms in total. The van der Waals surface area contributed by atoms with Crippen molar-refractivity contribution >= 4 is 20.5 Å². The minimum Gasteiger partial charge on any atom is -0.482 e. The van der Waals surface area contributed by atoms with Gasteiger partial charge >= 0.3 is 8.56 Å². The summed E-state index contributed by atoms with van der Waals surface area (Å²) < 4.78 is 9.92. The molecule has 13 heavy (non-hydrogen) atoms. The summed E-state index contributed by atoms with van der Waals surface area (Å²) in [5.41, 5.74) is 1.63. The minimum absolute atomic E-state index is 0.437. The van der Waals surface area contributed by atoms with Crippen molar-refractivity contribution in [1.29, 1.82) is 0 Å². The van der Waals surface area contributed by atoms with Crippen molar-refractivity contribution in [2.24, 2.45) is 0 Å². The molecule has 0 aromatic heterocycles. The molecule has 0 amide bonds. The van der Waals surface area contributed by atoms with Crippen LogP contribution in [-0.4, -0.2) is 20.5 Å². The lowest BCUT2D eigenvalue weighted by molar-refractivity contribution is -0.138. The van der Waals surface area contributed by atoms with Crippen LogP contribution >= 0.6 is 0 Å². The molecular weight excluding hydrogens is 188 g/mol. The largest absolute Gasteiger partial charge is 0.488 e. The van der Waals surface area contributed by atoms with Crippen LogP contribution in [0.1, 0.15) is 20.8 Å². The molecule has 0 rings (SSSR count). The van der Waals surface area contributed by atoms with E-state index in [-0.39, 0.29) is 0 Å². The standard InChI is InChI=1S/C8H14O4Si/c1-5-6-13(4,11-7(2)9)12-8(3)10/h5-6H,1-4H3. The Bertz CT molecular complexity index is 218. The zero-order valence-corrected chi connectivity index (χ0v) is 9.29. The highest BCUT2D eigenvalue weighted by atomic mass is 28.4. The highest BCUT2D eigenvalue weighted by molar-refractivity contribution is 6.74. The van der Waals surface area contributed by atoms with Crippen molar-refractivity contribution in [3.05, 3.63) is 11.8 Å². The van der Waals surface area contributed by atoms with E-state index in [2.05, 4.69) is 0 Å². The van der Waals surface area contributed by atoms with Crippen molar-refractivity contribution < 1.29 is 18.4 Å². The third-order valence-corrected chi connectivity index (χ3v) is 3.49. The Morgan fingerprint density at radius 3 is 1.77 bits per heavy atom. The van der Waals surface area contributed by atoms with Crippen LogP contribution in [0.5, 0.6) is 0 Å². The molecule has 0 aliphatic rings. The van der Waals surface area contributed by atoms with Crippen LogP contribution in [0.3, 0.4) is 0 Å². The van der Waals surface area contributed by atoms with E-state index in [1.54, 1.807) is 25.2 Å². The fraction of sp³-hybridized carbons (Fsp3) is 0.500. The lowest BCUT2D eigenvalue weighted by Crippen LogP contribution is -2.40. The van der Waals surface area contributed by atoms with Crippen LogP contribution in [0.15, 0.2) is 11.8 Å². The van der Waals surface area contributed by atoms with E-state index < -0.39 is 20.5 Å². The molecule has 0 atom stereocenters. The zero-order chi connectivity index (χ0) is 10.5. The summed E-state index contributed by atoms with van der Waals surface area (Å²) in [5, 5.41) is 0. The van der Waals surface area contributed by atoms with E-state index in [0.29, 0.717) is 0 Å². The topological polar surface area (TPSA) is 52.6 Å². The first-order chi connectivity index (χ1) is 5.89. The number of rotatable bonds is 3. The smallest absolute Gasteiger partial charge is 0.482 e. The Hall–Kier alpha value is -1.10. The van der Waals surface area contributed by atoms with Gasteiger partial charge in [0.1, 0.15) is 0 Å². The lowest BCUT2D eigenvalue weighted by atomic mass is 10.8. The van der Waals surface area contributed by atoms with Gasteiger partial charge in [0.15, 0.2) is 0 Å². The summed E-state index contributed by atoms with van der Waals surface area (Å²) in [6, 6.07) is 0. The highest BCUT2D eigenvalue weighted by Gasteiger charge is 2.34. The van der Waals surface area contributed by atoms with Gasteiger partial charge in [-0.1, -0.05) is 6.08 Å². The first-order valence-corrected chi connectivity index (χ1v) is 6.32. The number of hydrogen-bond donors (Lipinski definition) is 0. The molecule has 74 valence electrons. The molecule has 0 unspecified atom stereocenters. The van der Waals surface area contributed by atoms with E-state index in [1.165, 1.54) is 13.8 Å². The summed E-state index contributed by atoms with van der Waals surface area (Å²) in [7, 11) is -2.76. The lowest BCUT2D eigenvalue weighted by Gasteiger charge is -2.21. The van der Waals surface area contributed by atoms with Gasteiger partial charge in [0.25, 0.3) is 11.9 Å². The summed E-state index contributed by atoms with van der Waals surface area (Å²) in [6.45, 7) is 5.99. The van der Waals surface area contributed by atoms with Crippen molar-refractivity contribution in [2.75, 3.05) is 0 Å². The van der Waals surface area contributed by atoms with E-state index in [1.807, 2.05) is 0 Å². The predicted octanol–water partition coefficient (Wildman–Crippen LogP) is 1.30. The van der Waals surface area contributed by atoms with Gasteiger partial charge in [-0.25, -0.2) is 0 Å². The zero-order valence-electron chi connectivity index (χ0n) is 8.29. The number of carbonyl (C=O) groups is 2. The van der Waals surface area contributed by atoms with Gasteiger partial charge in [-0.3, -0.25) is 9.59 Å². The predicted molar refractivity (Wildman–Crippen MR) is 50.0 cm³/mol. The molecule has 0 aliphatic heterocycles. The fourth-order valence-corrected chi connectivity index (χ4v) is 2.89. The number of carbonyl (C=O) groups excluding carboxylic acids is 2. The molecule has 0 fully saturated rings. The number of allylic oxidation sites excluding steroid dienone is 1. The molecule has 0 aromatic rings. The summed E-state index contributed by atoms with van der Waals surface area (Å²) in [6.07, 6.45) is 1.71. The summed E-state index contributed by atoms with van der Waals surface area (Å²) in [4.78, 5) is 21.4. The average molecular weight is 202 g/mol. The van der Waals surface area contributed by atoms with Gasteiger partial charge in [0.05, 0.1) is 0 Å². The Morgan fingerprint density at radius 2 is 1.54 bits per heavy atom. The molecule has 0 radical (unpaired) electrons. The van der Waals surface area contributed by atoms with Crippen LogP contribution in [0.4, 0.5) is 0 Å². The van der Waals surface area contributed by atoms with Gasteiger partial charge in [0, 0.05) is 20.4 Å². The Kier molecular flexibility index (Phi) is 4.40. The first-order valence-electron chi connectivity index (χ1n) is 3.92. The maximum atomic E-state index is 10.7. The van der Waals surface area contributed by atoms with E-state index in [9.17, 15) is 9.59 Å². The quantitative estimate of drug-likeness (QED) is 0.647. The summed E-state index contributed by atoms with van der Waals surface area (Å²) >= 11 is 0. The van der Waals surface area contributed by atoms with Crippen LogP contribution in [-0.2, 0) is 18.4 Å². The molecule has 5 heteroatoms. The van der Waals surface area contributed by atoms with E-state index in [0.717, 1.165) is 0 Å². The Balaban J connectivity index is 4.51. The maximum Gasteiger partial charge on any atom is 0.488 e. The first kappa shape index (κ1) is 11.9. The van der Waals surface area contributed by atoms with Crippen LogP contribution in [0.2, 0.25) is 6.55 Å². The van der Waals surface area contributed by atoms with E-state index >= 15 is 0 Å². The van der Waals surface area contributed by atoms with Crippen molar-refractivity contribution in [2.45, 2.75) is 27.3 Å². The highest BCUT2D eigenvalue weighted by Crippen LogP contribution is 2.09. The molecule has 0 aromatic carbocycles. The summed E-state index contributed by atoms with van der Waals surface area (Å²) in [5.74, 6) is -0.873. The molecule has 0 saturated carbocycles. The molecule has 0 aliphatic carbocycles. The molecule has 0 spiro atoms. The second-order valence-corrected chi connectivity index (χ2v) is 5.48. The molecular formula is C8H14O4Si. The third-order valence-electron chi connectivity index (χ3n) is 1.16.